The smallest absolute Gasteiger partial charge is 0.347 e. The second-order valence-electron chi connectivity index (χ2n) is 9.92. The Balaban J connectivity index is 3.23. The third-order valence-corrected chi connectivity index (χ3v) is 6.33. The van der Waals surface area contributed by atoms with Gasteiger partial charge < -0.3 is 10.6 Å². The summed E-state index contributed by atoms with van der Waals surface area (Å²) < 4.78 is 343. The van der Waals surface area contributed by atoms with Crippen LogP contribution in [0.5, 0.6) is 0 Å². The average Bonchev–Trinajstić information content (AvgIpc) is 2.96. The summed E-state index contributed by atoms with van der Waals surface area (Å²) in [7, 11) is 0. The van der Waals surface area contributed by atoms with E-state index in [2.05, 4.69) is 0 Å². The lowest BCUT2D eigenvalue weighted by Crippen LogP contribution is -2.72. The molecule has 0 atom stereocenters. The molecular weight excluding hydrogens is 818 g/mol. The van der Waals surface area contributed by atoms with Gasteiger partial charge in [-0.3, -0.25) is 9.59 Å². The minimum Gasteiger partial charge on any atom is -0.347 e. The highest BCUT2D eigenvalue weighted by atomic mass is 19.4. The van der Waals surface area contributed by atoms with Crippen molar-refractivity contribution in [2.75, 3.05) is 0 Å². The zero-order chi connectivity index (χ0) is 42.0. The largest absolute Gasteiger partial charge is 0.460 e. The molecule has 0 aliphatic heterocycles. The molecule has 302 valence electrons. The van der Waals surface area contributed by atoms with Gasteiger partial charge in [-0.25, -0.2) is 0 Å². The lowest BCUT2D eigenvalue weighted by atomic mass is 9.93. The number of carbonyl (C=O) groups excluding carboxylic acids is 2. The van der Waals surface area contributed by atoms with Gasteiger partial charge in [0.05, 0.1) is 0 Å². The van der Waals surface area contributed by atoms with E-state index in [9.17, 15) is 124 Å². The van der Waals surface area contributed by atoms with Gasteiger partial charge in [0.15, 0.2) is 0 Å². The van der Waals surface area contributed by atoms with Crippen molar-refractivity contribution in [2.24, 2.45) is 0 Å². The van der Waals surface area contributed by atoms with E-state index in [4.69, 9.17) is 0 Å². The number of hydrogen-bond acceptors (Lipinski definition) is 2. The average molecular weight is 828 g/mol. The zero-order valence-corrected chi connectivity index (χ0v) is 23.4. The highest BCUT2D eigenvalue weighted by molar-refractivity contribution is 5.85. The number of amides is 2. The number of carbonyl (C=O) groups is 2. The molecule has 0 aliphatic carbocycles. The SMILES string of the molecule is O=C(NCc1cccc(CNC(=O)C(F)(F)C(F)(F)C(F)(F)C(F)(F)C(F)(F)C(F)(F)F)c1)C(F)(F)C(F)(F)C(F)(F)C(F)(F)C(F)(F)C(F)(F)F. The first-order chi connectivity index (χ1) is 22.5. The molecule has 0 unspecified atom stereocenters. The molecule has 0 aliphatic rings. The van der Waals surface area contributed by atoms with Crippen molar-refractivity contribution in [3.63, 3.8) is 0 Å². The maximum absolute atomic E-state index is 13.9. The van der Waals surface area contributed by atoms with Gasteiger partial charge in [0.2, 0.25) is 0 Å². The van der Waals surface area contributed by atoms with E-state index in [1.807, 2.05) is 0 Å². The number of alkyl halides is 26. The minimum atomic E-state index is -8.37. The van der Waals surface area contributed by atoms with Crippen molar-refractivity contribution in [3.8, 4) is 0 Å². The van der Waals surface area contributed by atoms with Crippen LogP contribution in [0.4, 0.5) is 114 Å². The molecule has 0 aromatic heterocycles. The lowest BCUT2D eigenvalue weighted by molar-refractivity contribution is -0.436. The first-order valence-corrected chi connectivity index (χ1v) is 12.1. The van der Waals surface area contributed by atoms with Gasteiger partial charge in [-0.1, -0.05) is 24.3 Å². The van der Waals surface area contributed by atoms with Crippen LogP contribution >= 0.6 is 0 Å². The number of halogens is 26. The predicted molar refractivity (Wildman–Crippen MR) is 112 cm³/mol. The van der Waals surface area contributed by atoms with Crippen molar-refractivity contribution < 1.29 is 124 Å². The van der Waals surface area contributed by atoms with E-state index < -0.39 is 108 Å². The normalized spacial score (nSPS) is 15.4. The highest BCUT2D eigenvalue weighted by Gasteiger charge is 2.93. The number of rotatable bonds is 14. The van der Waals surface area contributed by atoms with Crippen LogP contribution in [0.25, 0.3) is 0 Å². The zero-order valence-electron chi connectivity index (χ0n) is 23.4. The molecular formula is C22H10F26N2O2. The fraction of sp³-hybridized carbons (Fsp3) is 0.636. The second-order valence-corrected chi connectivity index (χ2v) is 9.92. The summed E-state index contributed by atoms with van der Waals surface area (Å²) in [5.41, 5.74) is -1.81. The quantitative estimate of drug-likeness (QED) is 0.185. The van der Waals surface area contributed by atoms with Crippen LogP contribution in [-0.2, 0) is 22.7 Å². The van der Waals surface area contributed by atoms with Gasteiger partial charge >= 0.3 is 71.6 Å². The second kappa shape index (κ2) is 13.0. The monoisotopic (exact) mass is 828 g/mol. The van der Waals surface area contributed by atoms with E-state index in [0.717, 1.165) is 0 Å². The Bertz CT molecular complexity index is 1370. The Hall–Kier alpha value is -3.66. The predicted octanol–water partition coefficient (Wildman–Crippen LogP) is 8.40. The van der Waals surface area contributed by atoms with Gasteiger partial charge in [-0.2, -0.15) is 114 Å². The van der Waals surface area contributed by atoms with E-state index in [1.165, 1.54) is 0 Å². The molecule has 4 nitrogen and oxygen atoms in total. The highest BCUT2D eigenvalue weighted by Crippen LogP contribution is 2.61. The summed E-state index contributed by atoms with van der Waals surface area (Å²) in [6.45, 7) is -3.51. The summed E-state index contributed by atoms with van der Waals surface area (Å²) in [4.78, 5) is 23.0. The third-order valence-electron chi connectivity index (χ3n) is 6.33. The number of benzene rings is 1. The Labute approximate surface area is 267 Å². The fourth-order valence-corrected chi connectivity index (χ4v) is 3.26. The molecule has 1 aromatic carbocycles. The summed E-state index contributed by atoms with van der Waals surface area (Å²) in [5, 5.41) is 1.14. The van der Waals surface area contributed by atoms with Gasteiger partial charge in [0.25, 0.3) is 11.8 Å². The molecule has 0 spiro atoms. The van der Waals surface area contributed by atoms with Crippen LogP contribution in [0.2, 0.25) is 0 Å². The Morgan fingerprint density at radius 3 is 0.846 bits per heavy atom. The van der Waals surface area contributed by atoms with Crippen molar-refractivity contribution in [1.82, 2.24) is 10.6 Å². The van der Waals surface area contributed by atoms with Crippen LogP contribution in [0, 0.1) is 0 Å². The third kappa shape index (κ3) is 6.80. The molecule has 0 radical (unpaired) electrons. The fourth-order valence-electron chi connectivity index (χ4n) is 3.26. The summed E-state index contributed by atoms with van der Waals surface area (Å²) in [6, 6.07) is 1.82. The van der Waals surface area contributed by atoms with Crippen molar-refractivity contribution in [2.45, 2.75) is 84.7 Å². The first kappa shape index (κ1) is 46.4. The van der Waals surface area contributed by atoms with Crippen LogP contribution in [0.3, 0.4) is 0 Å². The molecule has 1 aromatic rings. The van der Waals surface area contributed by atoms with Gasteiger partial charge in [0.1, 0.15) is 0 Å². The Morgan fingerprint density at radius 1 is 0.385 bits per heavy atom. The van der Waals surface area contributed by atoms with Crippen LogP contribution in [0.1, 0.15) is 11.1 Å². The standard InChI is InChI=1S/C22H10F26N2O2/c23-11(24,13(27,28)15(31,32)17(35,36)19(39,40)21(43,44)45)9(51)49-5-7-2-1-3-8(4-7)6-50-10(52)12(25,26)14(29,30)16(33,34)18(37,38)20(41,42)22(46,47)48/h1-4H,5-6H2,(H,49,51)(H,50,52). The van der Waals surface area contributed by atoms with E-state index >= 15 is 0 Å². The van der Waals surface area contributed by atoms with E-state index in [-0.39, 0.29) is 6.07 Å². The topological polar surface area (TPSA) is 58.2 Å². The molecule has 2 amide bonds. The summed E-state index contributed by atoms with van der Waals surface area (Å²) in [5.74, 6) is -88.0. The van der Waals surface area contributed by atoms with Crippen LogP contribution in [0.15, 0.2) is 24.3 Å². The van der Waals surface area contributed by atoms with Crippen LogP contribution in [-0.4, -0.2) is 83.4 Å². The molecule has 0 bridgehead atoms. The molecule has 0 heterocycles. The van der Waals surface area contributed by atoms with E-state index in [0.29, 0.717) is 28.8 Å². The first-order valence-electron chi connectivity index (χ1n) is 12.1. The van der Waals surface area contributed by atoms with Gasteiger partial charge in [-0.15, -0.1) is 0 Å². The molecule has 2 N–H and O–H groups in total. The molecule has 52 heavy (non-hydrogen) atoms. The Kier molecular flexibility index (Phi) is 11.6. The minimum absolute atomic E-state index is 0.256. The van der Waals surface area contributed by atoms with Crippen molar-refractivity contribution >= 4 is 11.8 Å². The number of nitrogens with one attached hydrogen (secondary N) is 2. The van der Waals surface area contributed by atoms with Gasteiger partial charge in [-0.05, 0) is 11.1 Å². The number of hydrogen-bond donors (Lipinski definition) is 2. The Morgan fingerprint density at radius 2 is 0.615 bits per heavy atom. The van der Waals surface area contributed by atoms with Crippen LogP contribution < -0.4 is 10.6 Å². The molecule has 30 heteroatoms. The van der Waals surface area contributed by atoms with Crippen molar-refractivity contribution in [1.29, 1.82) is 0 Å². The summed E-state index contributed by atoms with van der Waals surface area (Å²) >= 11 is 0. The maximum atomic E-state index is 13.9. The van der Waals surface area contributed by atoms with Crippen molar-refractivity contribution in [3.05, 3.63) is 35.4 Å². The van der Waals surface area contributed by atoms with E-state index in [1.54, 1.807) is 0 Å². The summed E-state index contributed by atoms with van der Waals surface area (Å²) in [6.07, 6.45) is -15.5. The molecule has 0 fully saturated rings. The lowest BCUT2D eigenvalue weighted by Gasteiger charge is -2.39. The molecule has 0 saturated heterocycles. The molecule has 1 rings (SSSR count). The van der Waals surface area contributed by atoms with Gasteiger partial charge in [0, 0.05) is 13.1 Å². The maximum Gasteiger partial charge on any atom is 0.460 e. The molecule has 0 saturated carbocycles.